The van der Waals surface area contributed by atoms with Crippen LogP contribution in [-0.4, -0.2) is 87.4 Å². The minimum absolute atomic E-state index is 0.0946. The number of carbonyl (C=O) groups excluding carboxylic acids is 4. The second kappa shape index (κ2) is 11.9. The number of nitro benzene ring substituents is 1. The van der Waals surface area contributed by atoms with Gasteiger partial charge < -0.3 is 20.4 Å². The van der Waals surface area contributed by atoms with Gasteiger partial charge in [0, 0.05) is 20.1 Å². The van der Waals surface area contributed by atoms with E-state index in [2.05, 4.69) is 17.2 Å². The molecule has 13 heteroatoms. The molecule has 2 atom stereocenters. The fourth-order valence-electron chi connectivity index (χ4n) is 5.12. The number of rotatable bonds is 8. The number of benzene rings is 2. The van der Waals surface area contributed by atoms with Gasteiger partial charge in [0.05, 0.1) is 30.1 Å². The van der Waals surface area contributed by atoms with Gasteiger partial charge in [-0.2, -0.15) is 0 Å². The lowest BCUT2D eigenvalue weighted by atomic mass is 10.0. The van der Waals surface area contributed by atoms with Crippen LogP contribution in [0.1, 0.15) is 28.4 Å². The Kier molecular flexibility index (Phi) is 8.43. The molecular formula is C27H31N7O6. The molecule has 4 rings (SSSR count). The van der Waals surface area contributed by atoms with Gasteiger partial charge >= 0.3 is 6.03 Å². The van der Waals surface area contributed by atoms with E-state index in [1.54, 1.807) is 18.0 Å². The minimum atomic E-state index is -0.928. The normalized spacial score (nSPS) is 19.2. The average Bonchev–Trinajstić information content (AvgIpc) is 2.94. The number of nitrogens with zero attached hydrogens (tertiary/aromatic N) is 5. The van der Waals surface area contributed by atoms with Gasteiger partial charge in [0.25, 0.3) is 11.6 Å². The first-order valence-corrected chi connectivity index (χ1v) is 12.7. The molecule has 2 saturated heterocycles. The predicted octanol–water partition coefficient (Wildman–Crippen LogP) is 1.47. The lowest BCUT2D eigenvalue weighted by Gasteiger charge is -2.54. The molecule has 40 heavy (non-hydrogen) atoms. The molecule has 2 aromatic carbocycles. The summed E-state index contributed by atoms with van der Waals surface area (Å²) in [7, 11) is 1.37. The van der Waals surface area contributed by atoms with E-state index in [1.165, 1.54) is 40.1 Å². The van der Waals surface area contributed by atoms with Crippen LogP contribution in [0.3, 0.4) is 0 Å². The molecule has 2 heterocycles. The minimum Gasteiger partial charge on any atom is -0.355 e. The molecule has 2 aliphatic heterocycles. The van der Waals surface area contributed by atoms with E-state index in [4.69, 9.17) is 0 Å². The lowest BCUT2D eigenvalue weighted by molar-refractivity contribution is -0.386. The monoisotopic (exact) mass is 549 g/mol. The van der Waals surface area contributed by atoms with E-state index in [9.17, 15) is 29.3 Å². The van der Waals surface area contributed by atoms with Gasteiger partial charge in [-0.25, -0.2) is 14.8 Å². The number of amides is 5. The van der Waals surface area contributed by atoms with Gasteiger partial charge in [-0.05, 0) is 18.6 Å². The zero-order valence-electron chi connectivity index (χ0n) is 22.3. The Morgan fingerprint density at radius 2 is 1.88 bits per heavy atom. The molecule has 0 aliphatic carbocycles. The number of nitrogens with one attached hydrogen (secondary N) is 2. The topological polar surface area (TPSA) is 148 Å². The molecule has 0 radical (unpaired) electrons. The number of urea groups is 1. The number of para-hydroxylation sites is 1. The molecule has 0 spiro atoms. The van der Waals surface area contributed by atoms with Crippen molar-refractivity contribution in [2.75, 3.05) is 26.7 Å². The first kappa shape index (κ1) is 28.2. The maximum Gasteiger partial charge on any atom is 0.334 e. The van der Waals surface area contributed by atoms with Gasteiger partial charge in [-0.15, -0.1) is 6.58 Å². The molecule has 0 saturated carbocycles. The van der Waals surface area contributed by atoms with Crippen molar-refractivity contribution in [2.45, 2.75) is 32.2 Å². The Balaban J connectivity index is 1.66. The standard InChI is InChI=1S/C27H31N7O6/c1-4-13-31-17-23(35)32-18(2)26(37)30(15-20-11-8-12-21(25(36)28-3)24(20)34(39)40)16-22(32)33(31)27(38)29-14-19-9-6-5-7-10-19/h4-12,18,22H,1,13-17H2,2-3H3,(H,28,36)(H,29,38)/t18-,22-/m0/s1. The molecule has 2 aromatic rings. The molecule has 2 aliphatic rings. The van der Waals surface area contributed by atoms with Crippen LogP contribution in [-0.2, 0) is 22.7 Å². The number of hydrogen-bond donors (Lipinski definition) is 2. The van der Waals surface area contributed by atoms with Crippen LogP contribution >= 0.6 is 0 Å². The summed E-state index contributed by atoms with van der Waals surface area (Å²) in [5.74, 6) is -1.38. The smallest absolute Gasteiger partial charge is 0.334 e. The van der Waals surface area contributed by atoms with Crippen LogP contribution in [0, 0.1) is 10.1 Å². The van der Waals surface area contributed by atoms with Crippen molar-refractivity contribution in [3.63, 3.8) is 0 Å². The fourth-order valence-corrected chi connectivity index (χ4v) is 5.12. The highest BCUT2D eigenvalue weighted by molar-refractivity contribution is 5.98. The van der Waals surface area contributed by atoms with Gasteiger partial charge in [0.2, 0.25) is 11.8 Å². The third-order valence-corrected chi connectivity index (χ3v) is 6.95. The molecule has 13 nitrogen and oxygen atoms in total. The summed E-state index contributed by atoms with van der Waals surface area (Å²) in [6.45, 7) is 5.35. The van der Waals surface area contributed by atoms with Crippen molar-refractivity contribution >= 4 is 29.4 Å². The second-order valence-electron chi connectivity index (χ2n) is 9.45. The van der Waals surface area contributed by atoms with E-state index < -0.39 is 40.7 Å². The van der Waals surface area contributed by atoms with Crippen molar-refractivity contribution in [1.29, 1.82) is 0 Å². The molecule has 210 valence electrons. The molecule has 5 amide bonds. The fraction of sp³-hybridized carbons (Fsp3) is 0.333. The molecular weight excluding hydrogens is 518 g/mol. The number of hydrazine groups is 1. The van der Waals surface area contributed by atoms with Crippen molar-refractivity contribution in [3.05, 3.63) is 88.0 Å². The second-order valence-corrected chi connectivity index (χ2v) is 9.45. The Morgan fingerprint density at radius 3 is 2.52 bits per heavy atom. The van der Waals surface area contributed by atoms with Crippen LogP contribution in [0.5, 0.6) is 0 Å². The number of hydrogen-bond acceptors (Lipinski definition) is 7. The first-order chi connectivity index (χ1) is 19.2. The number of fused-ring (bicyclic) bond motifs is 1. The van der Waals surface area contributed by atoms with E-state index >= 15 is 0 Å². The van der Waals surface area contributed by atoms with Gasteiger partial charge in [-0.1, -0.05) is 48.5 Å². The maximum atomic E-state index is 13.5. The van der Waals surface area contributed by atoms with Gasteiger partial charge in [-0.3, -0.25) is 24.5 Å². The summed E-state index contributed by atoms with van der Waals surface area (Å²) in [6, 6.07) is 12.3. The highest BCUT2D eigenvalue weighted by Crippen LogP contribution is 2.30. The van der Waals surface area contributed by atoms with E-state index in [0.717, 1.165) is 5.56 Å². The summed E-state index contributed by atoms with van der Waals surface area (Å²) >= 11 is 0. The van der Waals surface area contributed by atoms with Crippen LogP contribution in [0.2, 0.25) is 0 Å². The summed E-state index contributed by atoms with van der Waals surface area (Å²) in [5, 5.41) is 20.2. The van der Waals surface area contributed by atoms with Crippen molar-refractivity contribution in [3.8, 4) is 0 Å². The van der Waals surface area contributed by atoms with E-state index in [1.807, 2.05) is 30.3 Å². The van der Waals surface area contributed by atoms with Crippen molar-refractivity contribution in [1.82, 2.24) is 30.5 Å². The predicted molar refractivity (Wildman–Crippen MR) is 144 cm³/mol. The molecule has 0 aromatic heterocycles. The third kappa shape index (κ3) is 5.50. The Labute approximate surface area is 231 Å². The Hall–Kier alpha value is -4.78. The van der Waals surface area contributed by atoms with Crippen LogP contribution in [0.15, 0.2) is 61.2 Å². The van der Waals surface area contributed by atoms with Crippen LogP contribution in [0.4, 0.5) is 10.5 Å². The zero-order chi connectivity index (χ0) is 29.0. The summed E-state index contributed by atoms with van der Waals surface area (Å²) in [5.41, 5.74) is 0.504. The van der Waals surface area contributed by atoms with Crippen molar-refractivity contribution in [2.24, 2.45) is 0 Å². The zero-order valence-corrected chi connectivity index (χ0v) is 22.3. The molecule has 2 fully saturated rings. The van der Waals surface area contributed by atoms with Crippen LogP contribution < -0.4 is 10.6 Å². The summed E-state index contributed by atoms with van der Waals surface area (Å²) in [4.78, 5) is 66.5. The lowest BCUT2D eigenvalue weighted by Crippen LogP contribution is -2.75. The summed E-state index contributed by atoms with van der Waals surface area (Å²) < 4.78 is 0. The Bertz CT molecular complexity index is 1330. The largest absolute Gasteiger partial charge is 0.355 e. The number of piperazine rings is 1. The SMILES string of the molecule is C=CCN1CC(=O)N2[C@@H](C)C(=O)N(Cc3cccc(C(=O)NC)c3[N+](=O)[O-])C[C@@H]2N1C(=O)NCc1ccccc1. The Morgan fingerprint density at radius 1 is 1.15 bits per heavy atom. The van der Waals surface area contributed by atoms with E-state index in [0.29, 0.717) is 0 Å². The highest BCUT2D eigenvalue weighted by atomic mass is 16.6. The quantitative estimate of drug-likeness (QED) is 0.288. The number of nitro groups is 1. The van der Waals surface area contributed by atoms with E-state index in [-0.39, 0.29) is 49.8 Å². The highest BCUT2D eigenvalue weighted by Gasteiger charge is 2.50. The molecule has 0 unspecified atom stereocenters. The third-order valence-electron chi connectivity index (χ3n) is 6.95. The number of carbonyl (C=O) groups is 4. The molecule has 0 bridgehead atoms. The van der Waals surface area contributed by atoms with Crippen molar-refractivity contribution < 1.29 is 24.1 Å². The van der Waals surface area contributed by atoms with Gasteiger partial charge in [0.15, 0.2) is 0 Å². The average molecular weight is 550 g/mol. The van der Waals surface area contributed by atoms with Gasteiger partial charge in [0.1, 0.15) is 17.8 Å². The maximum absolute atomic E-state index is 13.5. The summed E-state index contributed by atoms with van der Waals surface area (Å²) in [6.07, 6.45) is 0.703. The van der Waals surface area contributed by atoms with Crippen LogP contribution in [0.25, 0.3) is 0 Å². The first-order valence-electron chi connectivity index (χ1n) is 12.7. The molecule has 2 N–H and O–H groups in total.